The lowest BCUT2D eigenvalue weighted by Crippen LogP contribution is -1.96. The van der Waals surface area contributed by atoms with Gasteiger partial charge in [-0.1, -0.05) is 62.4 Å². The zero-order valence-corrected chi connectivity index (χ0v) is 15.6. The summed E-state index contributed by atoms with van der Waals surface area (Å²) in [5.41, 5.74) is 6.22. The summed E-state index contributed by atoms with van der Waals surface area (Å²) >= 11 is 0. The molecule has 2 heterocycles. The summed E-state index contributed by atoms with van der Waals surface area (Å²) in [6.45, 7) is 4.51. The van der Waals surface area contributed by atoms with Crippen molar-refractivity contribution in [2.75, 3.05) is 0 Å². The molecule has 0 aliphatic carbocycles. The molecule has 0 radical (unpaired) electrons. The highest BCUT2D eigenvalue weighted by Gasteiger charge is 2.13. The predicted octanol–water partition coefficient (Wildman–Crippen LogP) is 7.00. The van der Waals surface area contributed by atoms with Crippen molar-refractivity contribution < 1.29 is 4.42 Å². The number of rotatable bonds is 3. The Morgan fingerprint density at radius 3 is 2.48 bits per heavy atom. The molecule has 0 unspecified atom stereocenters. The zero-order chi connectivity index (χ0) is 18.4. The number of furan rings is 1. The molecule has 0 atom stereocenters. The number of fused-ring (bicyclic) bond motifs is 4. The van der Waals surface area contributed by atoms with Crippen LogP contribution in [0.25, 0.3) is 44.1 Å². The van der Waals surface area contributed by atoms with Gasteiger partial charge in [-0.25, -0.2) is 4.98 Å². The van der Waals surface area contributed by atoms with Crippen molar-refractivity contribution in [2.24, 2.45) is 5.92 Å². The van der Waals surface area contributed by atoms with Crippen LogP contribution in [0.5, 0.6) is 0 Å². The molecule has 0 fully saturated rings. The molecular weight excluding hydrogens is 330 g/mol. The number of pyridine rings is 1. The second-order valence-corrected chi connectivity index (χ2v) is 7.56. The molecule has 3 aromatic carbocycles. The number of hydrogen-bond donors (Lipinski definition) is 0. The first kappa shape index (κ1) is 16.1. The topological polar surface area (TPSA) is 26.0 Å². The van der Waals surface area contributed by atoms with Gasteiger partial charge in [0.15, 0.2) is 0 Å². The third-order valence-corrected chi connectivity index (χ3v) is 5.13. The Hall–Kier alpha value is -3.13. The molecule has 0 aliphatic rings. The highest BCUT2D eigenvalue weighted by molar-refractivity contribution is 6.09. The highest BCUT2D eigenvalue weighted by Crippen LogP contribution is 2.35. The number of nitrogens with zero attached hydrogens (tertiary/aromatic N) is 1. The molecule has 0 N–H and O–H groups in total. The van der Waals surface area contributed by atoms with Gasteiger partial charge in [-0.3, -0.25) is 0 Å². The molecule has 27 heavy (non-hydrogen) atoms. The van der Waals surface area contributed by atoms with Gasteiger partial charge in [-0.05, 0) is 42.2 Å². The van der Waals surface area contributed by atoms with Crippen molar-refractivity contribution in [3.8, 4) is 11.3 Å². The number of benzene rings is 3. The van der Waals surface area contributed by atoms with E-state index in [1.165, 1.54) is 10.9 Å². The van der Waals surface area contributed by atoms with E-state index < -0.39 is 0 Å². The van der Waals surface area contributed by atoms with Gasteiger partial charge in [0.2, 0.25) is 0 Å². The van der Waals surface area contributed by atoms with Crippen LogP contribution in [0.3, 0.4) is 0 Å². The van der Waals surface area contributed by atoms with Crippen LogP contribution in [0.2, 0.25) is 0 Å². The fraction of sp³-hybridized carbons (Fsp3) is 0.160. The summed E-state index contributed by atoms with van der Waals surface area (Å²) in [5.74, 6) is 0.625. The average Bonchev–Trinajstić information content (AvgIpc) is 3.06. The summed E-state index contributed by atoms with van der Waals surface area (Å²) in [5, 5.41) is 3.53. The van der Waals surface area contributed by atoms with E-state index in [-0.39, 0.29) is 0 Å². The lowest BCUT2D eigenvalue weighted by molar-refractivity contribution is 0.650. The Morgan fingerprint density at radius 2 is 1.59 bits per heavy atom. The fourth-order valence-corrected chi connectivity index (χ4v) is 3.94. The van der Waals surface area contributed by atoms with Gasteiger partial charge in [-0.2, -0.15) is 0 Å². The lowest BCUT2D eigenvalue weighted by Gasteiger charge is -2.10. The monoisotopic (exact) mass is 351 g/mol. The molecule has 5 aromatic rings. The van der Waals surface area contributed by atoms with Gasteiger partial charge in [0, 0.05) is 21.7 Å². The average molecular weight is 351 g/mol. The molecule has 2 heteroatoms. The van der Waals surface area contributed by atoms with Gasteiger partial charge >= 0.3 is 0 Å². The number of aromatic nitrogens is 1. The molecule has 0 aliphatic heterocycles. The molecule has 132 valence electrons. The van der Waals surface area contributed by atoms with Crippen LogP contribution in [-0.4, -0.2) is 4.98 Å². The van der Waals surface area contributed by atoms with Crippen LogP contribution in [0.1, 0.15) is 19.4 Å². The van der Waals surface area contributed by atoms with E-state index >= 15 is 0 Å². The SMILES string of the molecule is CC(C)Cc1cccc2nc(-c3cccc4c3oc3ccccc34)ccc12. The van der Waals surface area contributed by atoms with E-state index in [0.717, 1.165) is 45.1 Å². The maximum atomic E-state index is 6.19. The van der Waals surface area contributed by atoms with Gasteiger partial charge in [0.05, 0.1) is 11.2 Å². The molecule has 0 spiro atoms. The van der Waals surface area contributed by atoms with Crippen molar-refractivity contribution in [3.05, 3.63) is 78.4 Å². The van der Waals surface area contributed by atoms with Gasteiger partial charge < -0.3 is 4.42 Å². The molecule has 0 saturated carbocycles. The van der Waals surface area contributed by atoms with Gasteiger partial charge in [-0.15, -0.1) is 0 Å². The minimum Gasteiger partial charge on any atom is -0.455 e. The first-order valence-corrected chi connectivity index (χ1v) is 9.50. The molecule has 5 rings (SSSR count). The first-order chi connectivity index (χ1) is 13.2. The van der Waals surface area contributed by atoms with Gasteiger partial charge in [0.25, 0.3) is 0 Å². The summed E-state index contributed by atoms with van der Waals surface area (Å²) in [7, 11) is 0. The quantitative estimate of drug-likeness (QED) is 0.350. The fourth-order valence-electron chi connectivity index (χ4n) is 3.94. The Labute approximate surface area is 158 Å². The standard InChI is InChI=1S/C25H21NO/c1-16(2)15-17-7-5-11-22-18(17)13-14-23(26-22)21-10-6-9-20-19-8-3-4-12-24(19)27-25(20)21/h3-14,16H,15H2,1-2H3. The summed E-state index contributed by atoms with van der Waals surface area (Å²) in [4.78, 5) is 4.97. The second kappa shape index (κ2) is 6.24. The van der Waals surface area contributed by atoms with Crippen molar-refractivity contribution in [1.29, 1.82) is 0 Å². The maximum absolute atomic E-state index is 6.19. The summed E-state index contributed by atoms with van der Waals surface area (Å²) in [6, 6.07) is 25.2. The predicted molar refractivity (Wildman–Crippen MR) is 113 cm³/mol. The largest absolute Gasteiger partial charge is 0.455 e. The maximum Gasteiger partial charge on any atom is 0.144 e. The summed E-state index contributed by atoms with van der Waals surface area (Å²) in [6.07, 6.45) is 1.07. The first-order valence-electron chi connectivity index (χ1n) is 9.50. The molecule has 2 nitrogen and oxygen atoms in total. The third kappa shape index (κ3) is 2.69. The van der Waals surface area contributed by atoms with E-state index in [4.69, 9.17) is 9.40 Å². The molecular formula is C25H21NO. The van der Waals surface area contributed by atoms with Crippen molar-refractivity contribution >= 4 is 32.8 Å². The molecule has 2 aromatic heterocycles. The molecule has 0 amide bonds. The normalized spacial score (nSPS) is 11.8. The molecule has 0 bridgehead atoms. The zero-order valence-electron chi connectivity index (χ0n) is 15.6. The molecule has 0 saturated heterocycles. The Bertz CT molecular complexity index is 1280. The van der Waals surface area contributed by atoms with Crippen LogP contribution < -0.4 is 0 Å². The van der Waals surface area contributed by atoms with Crippen molar-refractivity contribution in [1.82, 2.24) is 4.98 Å². The smallest absolute Gasteiger partial charge is 0.144 e. The lowest BCUT2D eigenvalue weighted by atomic mass is 9.98. The number of hydrogen-bond acceptors (Lipinski definition) is 2. The highest BCUT2D eigenvalue weighted by atomic mass is 16.3. The van der Waals surface area contributed by atoms with Crippen LogP contribution in [0, 0.1) is 5.92 Å². The van der Waals surface area contributed by atoms with Crippen molar-refractivity contribution in [2.45, 2.75) is 20.3 Å². The number of para-hydroxylation sites is 2. The van der Waals surface area contributed by atoms with Crippen LogP contribution >= 0.6 is 0 Å². The Kier molecular flexibility index (Phi) is 3.71. The minimum atomic E-state index is 0.625. The van der Waals surface area contributed by atoms with Crippen LogP contribution in [-0.2, 0) is 6.42 Å². The second-order valence-electron chi connectivity index (χ2n) is 7.56. The summed E-state index contributed by atoms with van der Waals surface area (Å²) < 4.78 is 6.19. The van der Waals surface area contributed by atoms with E-state index in [1.807, 2.05) is 12.1 Å². The Balaban J connectivity index is 1.72. The van der Waals surface area contributed by atoms with E-state index in [9.17, 15) is 0 Å². The Morgan fingerprint density at radius 1 is 0.778 bits per heavy atom. The van der Waals surface area contributed by atoms with E-state index in [2.05, 4.69) is 74.5 Å². The third-order valence-electron chi connectivity index (χ3n) is 5.13. The van der Waals surface area contributed by atoms with Crippen molar-refractivity contribution in [3.63, 3.8) is 0 Å². The van der Waals surface area contributed by atoms with E-state index in [0.29, 0.717) is 5.92 Å². The van der Waals surface area contributed by atoms with Crippen LogP contribution in [0.15, 0.2) is 77.2 Å². The van der Waals surface area contributed by atoms with E-state index in [1.54, 1.807) is 0 Å². The minimum absolute atomic E-state index is 0.625. The van der Waals surface area contributed by atoms with Crippen LogP contribution in [0.4, 0.5) is 0 Å². The van der Waals surface area contributed by atoms with Gasteiger partial charge in [0.1, 0.15) is 11.2 Å².